The molecule has 0 fully saturated rings. The number of benzene rings is 3. The van der Waals surface area contributed by atoms with E-state index in [2.05, 4.69) is 14.4 Å². The van der Waals surface area contributed by atoms with E-state index in [1.54, 1.807) is 24.3 Å². The highest BCUT2D eigenvalue weighted by atomic mass is 35.5. The molecule has 0 saturated carbocycles. The zero-order valence-corrected chi connectivity index (χ0v) is 20.7. The van der Waals surface area contributed by atoms with E-state index < -0.39 is 33.9 Å². The summed E-state index contributed by atoms with van der Waals surface area (Å²) >= 11 is 6.16. The Labute approximate surface area is 219 Å². The standard InChI is InChI=1S/C25H18ClF3N2O6S/c26-17-10-9-15(22-21(23(32)24(33)34)16-6-2-3-7-18(16)31-22)13-20(17)38(35,36)30-12-11-14-5-1-4-8-19(14)37-25(27,28)29/h1-10,13,30-31H,11-12H2,(H,33,34). The van der Waals surface area contributed by atoms with Crippen LogP contribution in [0.3, 0.4) is 0 Å². The van der Waals surface area contributed by atoms with Gasteiger partial charge in [-0.2, -0.15) is 0 Å². The van der Waals surface area contributed by atoms with Gasteiger partial charge in [-0.15, -0.1) is 13.2 Å². The summed E-state index contributed by atoms with van der Waals surface area (Å²) in [5, 5.41) is 9.50. The second-order valence-corrected chi connectivity index (χ2v) is 10.1. The van der Waals surface area contributed by atoms with Crippen LogP contribution in [0.5, 0.6) is 5.75 Å². The highest BCUT2D eigenvalue weighted by molar-refractivity contribution is 7.89. The molecule has 3 aromatic carbocycles. The molecule has 8 nitrogen and oxygen atoms in total. The molecule has 0 unspecified atom stereocenters. The number of nitrogens with one attached hydrogen (secondary N) is 2. The van der Waals surface area contributed by atoms with Crippen molar-refractivity contribution in [1.82, 2.24) is 9.71 Å². The summed E-state index contributed by atoms with van der Waals surface area (Å²) in [7, 11) is -4.28. The first-order valence-corrected chi connectivity index (χ1v) is 12.7. The van der Waals surface area contributed by atoms with Crippen LogP contribution >= 0.6 is 11.6 Å². The molecule has 0 aliphatic heterocycles. The van der Waals surface area contributed by atoms with Crippen LogP contribution in [0.15, 0.2) is 71.6 Å². The first-order valence-electron chi connectivity index (χ1n) is 10.9. The van der Waals surface area contributed by atoms with E-state index >= 15 is 0 Å². The van der Waals surface area contributed by atoms with Crippen molar-refractivity contribution in [3.63, 3.8) is 0 Å². The van der Waals surface area contributed by atoms with Crippen LogP contribution in [0, 0.1) is 0 Å². The number of aromatic amines is 1. The molecule has 0 amide bonds. The highest BCUT2D eigenvalue weighted by Gasteiger charge is 2.32. The molecule has 0 aliphatic rings. The van der Waals surface area contributed by atoms with Crippen molar-refractivity contribution in [1.29, 1.82) is 0 Å². The average Bonchev–Trinajstić information content (AvgIpc) is 3.23. The van der Waals surface area contributed by atoms with Crippen molar-refractivity contribution < 1.29 is 41.0 Å². The number of carbonyl (C=O) groups excluding carboxylic acids is 1. The summed E-state index contributed by atoms with van der Waals surface area (Å²) in [4.78, 5) is 26.6. The molecule has 0 saturated heterocycles. The number of hydrogen-bond donors (Lipinski definition) is 3. The van der Waals surface area contributed by atoms with Crippen molar-refractivity contribution in [2.24, 2.45) is 0 Å². The van der Waals surface area contributed by atoms with Crippen LogP contribution in [0.1, 0.15) is 15.9 Å². The maximum atomic E-state index is 13.1. The van der Waals surface area contributed by atoms with Gasteiger partial charge in [-0.25, -0.2) is 17.9 Å². The summed E-state index contributed by atoms with van der Waals surface area (Å²) in [6, 6.07) is 15.7. The summed E-state index contributed by atoms with van der Waals surface area (Å²) in [6.07, 6.45) is -5.03. The van der Waals surface area contributed by atoms with Crippen LogP contribution in [0.4, 0.5) is 13.2 Å². The van der Waals surface area contributed by atoms with E-state index in [1.807, 2.05) is 0 Å². The van der Waals surface area contributed by atoms with Gasteiger partial charge in [-0.1, -0.05) is 54.1 Å². The summed E-state index contributed by atoms with van der Waals surface area (Å²) < 4.78 is 70.4. The maximum Gasteiger partial charge on any atom is 0.573 e. The van der Waals surface area contributed by atoms with Gasteiger partial charge in [-0.05, 0) is 36.2 Å². The first kappa shape index (κ1) is 27.2. The molecule has 1 heterocycles. The van der Waals surface area contributed by atoms with Crippen LogP contribution in [0.25, 0.3) is 22.2 Å². The third-order valence-corrected chi connectivity index (χ3v) is 7.46. The fourth-order valence-electron chi connectivity index (χ4n) is 3.90. The molecule has 198 valence electrons. The quantitative estimate of drug-likeness (QED) is 0.189. The van der Waals surface area contributed by atoms with Gasteiger partial charge < -0.3 is 14.8 Å². The van der Waals surface area contributed by atoms with Gasteiger partial charge in [0.05, 0.1) is 16.3 Å². The van der Waals surface area contributed by atoms with Crippen molar-refractivity contribution >= 4 is 44.3 Å². The number of alkyl halides is 3. The van der Waals surface area contributed by atoms with E-state index in [0.29, 0.717) is 10.9 Å². The van der Waals surface area contributed by atoms with Gasteiger partial charge >= 0.3 is 12.3 Å². The predicted molar refractivity (Wildman–Crippen MR) is 133 cm³/mol. The second kappa shape index (κ2) is 10.5. The largest absolute Gasteiger partial charge is 0.573 e. The lowest BCUT2D eigenvalue weighted by atomic mass is 10.0. The number of aliphatic carboxylic acids is 1. The van der Waals surface area contributed by atoms with E-state index in [9.17, 15) is 36.3 Å². The number of sulfonamides is 1. The number of carboxylic acid groups (broad SMARTS) is 1. The number of para-hydroxylation sites is 2. The fourth-order valence-corrected chi connectivity index (χ4v) is 5.45. The Morgan fingerprint density at radius 3 is 2.42 bits per heavy atom. The zero-order chi connectivity index (χ0) is 27.7. The molecule has 3 N–H and O–H groups in total. The zero-order valence-electron chi connectivity index (χ0n) is 19.2. The molecule has 0 bridgehead atoms. The van der Waals surface area contributed by atoms with E-state index in [-0.39, 0.29) is 45.3 Å². The van der Waals surface area contributed by atoms with E-state index in [4.69, 9.17) is 11.6 Å². The van der Waals surface area contributed by atoms with Crippen LogP contribution < -0.4 is 9.46 Å². The molecule has 13 heteroatoms. The Morgan fingerprint density at radius 2 is 1.71 bits per heavy atom. The Morgan fingerprint density at radius 1 is 1.03 bits per heavy atom. The van der Waals surface area contributed by atoms with Crippen LogP contribution in [-0.4, -0.2) is 43.2 Å². The lowest BCUT2D eigenvalue weighted by molar-refractivity contribution is -0.274. The number of halogens is 4. The normalized spacial score (nSPS) is 12.0. The number of ketones is 1. The minimum atomic E-state index is -4.91. The third-order valence-electron chi connectivity index (χ3n) is 5.52. The van der Waals surface area contributed by atoms with Gasteiger partial charge in [0.15, 0.2) is 0 Å². The molecule has 0 radical (unpaired) electrons. The minimum absolute atomic E-state index is 0.0879. The summed E-state index contributed by atoms with van der Waals surface area (Å²) in [6.45, 7) is -0.281. The van der Waals surface area contributed by atoms with E-state index in [0.717, 1.165) is 6.07 Å². The predicted octanol–water partition coefficient (Wildman–Crippen LogP) is 5.18. The van der Waals surface area contributed by atoms with Crippen molar-refractivity contribution in [3.05, 3.63) is 82.9 Å². The van der Waals surface area contributed by atoms with Gasteiger partial charge in [0.1, 0.15) is 10.6 Å². The third kappa shape index (κ3) is 5.82. The topological polar surface area (TPSA) is 126 Å². The number of ether oxygens (including phenoxy) is 1. The number of carboxylic acids is 1. The molecule has 1 aromatic heterocycles. The van der Waals surface area contributed by atoms with Crippen LogP contribution in [0.2, 0.25) is 5.02 Å². The maximum absolute atomic E-state index is 13.1. The Bertz CT molecular complexity index is 1650. The Balaban J connectivity index is 1.64. The average molecular weight is 567 g/mol. The van der Waals surface area contributed by atoms with Gasteiger partial charge in [0, 0.05) is 23.0 Å². The van der Waals surface area contributed by atoms with Crippen LogP contribution in [-0.2, 0) is 21.2 Å². The first-order chi connectivity index (χ1) is 17.9. The number of Topliss-reactive ketones (excluding diaryl/α,β-unsaturated/α-hetero) is 1. The molecule has 4 rings (SSSR count). The lowest BCUT2D eigenvalue weighted by Gasteiger charge is -2.14. The Hall–Kier alpha value is -3.87. The summed E-state index contributed by atoms with van der Waals surface area (Å²) in [5.74, 6) is -3.32. The van der Waals surface area contributed by atoms with Crippen molar-refractivity contribution in [2.75, 3.05) is 6.54 Å². The van der Waals surface area contributed by atoms with Gasteiger partial charge in [-0.3, -0.25) is 4.79 Å². The number of hydrogen-bond acceptors (Lipinski definition) is 5. The molecule has 0 spiro atoms. The molecular weight excluding hydrogens is 549 g/mol. The monoisotopic (exact) mass is 566 g/mol. The molecular formula is C25H18ClF3N2O6S. The molecule has 4 aromatic rings. The number of H-pyrrole nitrogens is 1. The van der Waals surface area contributed by atoms with E-state index in [1.165, 1.54) is 36.4 Å². The van der Waals surface area contributed by atoms with Crippen molar-refractivity contribution in [3.8, 4) is 17.0 Å². The highest BCUT2D eigenvalue weighted by Crippen LogP contribution is 2.34. The molecule has 38 heavy (non-hydrogen) atoms. The second-order valence-electron chi connectivity index (χ2n) is 8.00. The van der Waals surface area contributed by atoms with Crippen molar-refractivity contribution in [2.45, 2.75) is 17.7 Å². The fraction of sp³-hybridized carbons (Fsp3) is 0.120. The number of aromatic nitrogens is 1. The number of fused-ring (bicyclic) bond motifs is 1. The SMILES string of the molecule is O=C(O)C(=O)c1c(-c2ccc(Cl)c(S(=O)(=O)NCCc3ccccc3OC(F)(F)F)c2)[nH]c2ccccc12. The molecule has 0 atom stereocenters. The minimum Gasteiger partial charge on any atom is -0.475 e. The van der Waals surface area contributed by atoms with Gasteiger partial charge in [0.2, 0.25) is 10.0 Å². The Kier molecular flexibility index (Phi) is 7.49. The smallest absolute Gasteiger partial charge is 0.475 e. The molecule has 0 aliphatic carbocycles. The number of carbonyl (C=O) groups is 2. The van der Waals surface area contributed by atoms with Gasteiger partial charge in [0.25, 0.3) is 5.78 Å². The number of rotatable bonds is 9. The lowest BCUT2D eigenvalue weighted by Crippen LogP contribution is -2.26. The summed E-state index contributed by atoms with van der Waals surface area (Å²) in [5.41, 5.74) is 0.712.